The maximum absolute atomic E-state index is 15.1. The van der Waals surface area contributed by atoms with Crippen LogP contribution >= 0.6 is 0 Å². The van der Waals surface area contributed by atoms with E-state index in [0.29, 0.717) is 30.4 Å². The zero-order valence-electron chi connectivity index (χ0n) is 18.5. The van der Waals surface area contributed by atoms with Gasteiger partial charge < -0.3 is 19.2 Å². The number of rotatable bonds is 6. The summed E-state index contributed by atoms with van der Waals surface area (Å²) in [7, 11) is 0. The van der Waals surface area contributed by atoms with Crippen molar-refractivity contribution in [2.45, 2.75) is 37.8 Å². The molecule has 7 nitrogen and oxygen atoms in total. The summed E-state index contributed by atoms with van der Waals surface area (Å²) in [6.45, 7) is 0.782. The molecule has 3 aromatic rings. The highest BCUT2D eigenvalue weighted by atomic mass is 19.1. The van der Waals surface area contributed by atoms with Gasteiger partial charge in [-0.15, -0.1) is 0 Å². The molecular weight excluding hydrogens is 439 g/mol. The van der Waals surface area contributed by atoms with Gasteiger partial charge in [0.05, 0.1) is 6.26 Å². The minimum atomic E-state index is -1.26. The smallest absolute Gasteiger partial charge is 0.294 e. The second-order valence-electron chi connectivity index (χ2n) is 8.39. The number of amides is 2. The Labute approximate surface area is 196 Å². The number of fused-ring (bicyclic) bond motifs is 1. The maximum Gasteiger partial charge on any atom is 0.294 e. The van der Waals surface area contributed by atoms with Crippen LogP contribution in [0.3, 0.4) is 0 Å². The van der Waals surface area contributed by atoms with E-state index in [1.807, 2.05) is 0 Å². The maximum atomic E-state index is 15.1. The molecule has 1 fully saturated rings. The zero-order valence-corrected chi connectivity index (χ0v) is 18.5. The van der Waals surface area contributed by atoms with Gasteiger partial charge in [0.1, 0.15) is 25.1 Å². The number of nitrogens with one attached hydrogen (secondary N) is 1. The molecule has 1 aromatic heterocycles. The zero-order chi connectivity index (χ0) is 23.5. The van der Waals surface area contributed by atoms with Crippen LogP contribution in [-0.2, 0) is 4.79 Å². The molecule has 5 rings (SSSR count). The summed E-state index contributed by atoms with van der Waals surface area (Å²) in [6.07, 6.45) is 5.13. The monoisotopic (exact) mass is 464 g/mol. The Morgan fingerprint density at radius 2 is 1.74 bits per heavy atom. The van der Waals surface area contributed by atoms with Crippen LogP contribution in [0.25, 0.3) is 0 Å². The van der Waals surface area contributed by atoms with Gasteiger partial charge in [-0.05, 0) is 43.2 Å². The van der Waals surface area contributed by atoms with Crippen molar-refractivity contribution >= 4 is 17.5 Å². The van der Waals surface area contributed by atoms with Crippen LogP contribution in [0.4, 0.5) is 10.1 Å². The largest absolute Gasteiger partial charge is 0.486 e. The number of carbonyl (C=O) groups excluding carboxylic acids is 2. The normalized spacial score (nSPS) is 16.1. The van der Waals surface area contributed by atoms with E-state index in [1.165, 1.54) is 29.4 Å². The Kier molecular flexibility index (Phi) is 6.20. The van der Waals surface area contributed by atoms with Crippen LogP contribution in [0, 0.1) is 5.82 Å². The van der Waals surface area contributed by atoms with Crippen LogP contribution in [-0.4, -0.2) is 31.1 Å². The summed E-state index contributed by atoms with van der Waals surface area (Å²) in [5.74, 6) is -0.584. The van der Waals surface area contributed by atoms with E-state index in [1.54, 1.807) is 36.4 Å². The molecule has 0 saturated heterocycles. The first-order chi connectivity index (χ1) is 16.6. The van der Waals surface area contributed by atoms with E-state index in [2.05, 4.69) is 5.32 Å². The molecule has 0 radical (unpaired) electrons. The second-order valence-corrected chi connectivity index (χ2v) is 8.39. The van der Waals surface area contributed by atoms with E-state index in [0.717, 1.165) is 25.7 Å². The first-order valence-corrected chi connectivity index (χ1v) is 11.4. The van der Waals surface area contributed by atoms with Crippen LogP contribution in [0.5, 0.6) is 11.5 Å². The third kappa shape index (κ3) is 4.35. The summed E-state index contributed by atoms with van der Waals surface area (Å²) < 4.78 is 31.8. The number of hydrogen-bond donors (Lipinski definition) is 1. The minimum absolute atomic E-state index is 0.0115. The molecule has 2 amide bonds. The quantitative estimate of drug-likeness (QED) is 0.575. The van der Waals surface area contributed by atoms with Gasteiger partial charge in [0.25, 0.3) is 5.91 Å². The van der Waals surface area contributed by atoms with E-state index in [-0.39, 0.29) is 17.4 Å². The fourth-order valence-corrected chi connectivity index (χ4v) is 4.53. The molecular formula is C26H25FN2O5. The number of nitrogens with zero attached hydrogens (tertiary/aromatic N) is 1. The van der Waals surface area contributed by atoms with Gasteiger partial charge in [0.2, 0.25) is 5.91 Å². The molecule has 2 aromatic carbocycles. The van der Waals surface area contributed by atoms with Crippen molar-refractivity contribution in [2.75, 3.05) is 18.1 Å². The number of anilines is 1. The molecule has 34 heavy (non-hydrogen) atoms. The fourth-order valence-electron chi connectivity index (χ4n) is 4.53. The highest BCUT2D eigenvalue weighted by Crippen LogP contribution is 2.38. The predicted octanol–water partition coefficient (Wildman–Crippen LogP) is 4.64. The van der Waals surface area contributed by atoms with Crippen molar-refractivity contribution in [3.63, 3.8) is 0 Å². The van der Waals surface area contributed by atoms with E-state index < -0.39 is 23.7 Å². The molecule has 1 atom stereocenters. The fraction of sp³-hybridized carbons (Fsp3) is 0.308. The molecule has 0 bridgehead atoms. The van der Waals surface area contributed by atoms with Gasteiger partial charge in [0.15, 0.2) is 17.3 Å². The number of ether oxygens (including phenoxy) is 2. The van der Waals surface area contributed by atoms with E-state index in [9.17, 15) is 9.59 Å². The summed E-state index contributed by atoms with van der Waals surface area (Å²) >= 11 is 0. The summed E-state index contributed by atoms with van der Waals surface area (Å²) in [6, 6.07) is 12.8. The molecule has 2 heterocycles. The molecule has 1 aliphatic carbocycles. The van der Waals surface area contributed by atoms with Gasteiger partial charge >= 0.3 is 0 Å². The highest BCUT2D eigenvalue weighted by Gasteiger charge is 2.37. The lowest BCUT2D eigenvalue weighted by Gasteiger charge is -2.32. The topological polar surface area (TPSA) is 81.0 Å². The first kappa shape index (κ1) is 22.0. The predicted molar refractivity (Wildman–Crippen MR) is 122 cm³/mol. The van der Waals surface area contributed by atoms with Crippen molar-refractivity contribution < 1.29 is 27.9 Å². The van der Waals surface area contributed by atoms with Crippen LogP contribution in [0.2, 0.25) is 0 Å². The highest BCUT2D eigenvalue weighted by molar-refractivity contribution is 6.08. The minimum Gasteiger partial charge on any atom is -0.486 e. The molecule has 8 heteroatoms. The average Bonchev–Trinajstić information content (AvgIpc) is 3.57. The lowest BCUT2D eigenvalue weighted by atomic mass is 10.0. The third-order valence-corrected chi connectivity index (χ3v) is 6.16. The number of carbonyl (C=O) groups is 2. The first-order valence-electron chi connectivity index (χ1n) is 11.4. The van der Waals surface area contributed by atoms with E-state index >= 15 is 4.39 Å². The lowest BCUT2D eigenvalue weighted by Crippen LogP contribution is -2.46. The van der Waals surface area contributed by atoms with Crippen LogP contribution in [0.1, 0.15) is 47.8 Å². The Bertz CT molecular complexity index is 1170. The Morgan fingerprint density at radius 3 is 2.47 bits per heavy atom. The molecule has 1 N–H and O–H groups in total. The van der Waals surface area contributed by atoms with Crippen molar-refractivity contribution in [3.8, 4) is 11.5 Å². The van der Waals surface area contributed by atoms with Crippen molar-refractivity contribution in [2.24, 2.45) is 0 Å². The summed E-state index contributed by atoms with van der Waals surface area (Å²) in [4.78, 5) is 28.6. The molecule has 2 aliphatic rings. The van der Waals surface area contributed by atoms with Gasteiger partial charge in [0, 0.05) is 23.4 Å². The Morgan fingerprint density at radius 1 is 0.971 bits per heavy atom. The molecule has 1 aliphatic heterocycles. The van der Waals surface area contributed by atoms with Crippen molar-refractivity contribution in [3.05, 3.63) is 78.0 Å². The lowest BCUT2D eigenvalue weighted by molar-refractivity contribution is -0.123. The number of furan rings is 1. The Balaban J connectivity index is 1.62. The van der Waals surface area contributed by atoms with Gasteiger partial charge in [-0.3, -0.25) is 14.5 Å². The van der Waals surface area contributed by atoms with Gasteiger partial charge in [-0.1, -0.05) is 31.0 Å². The van der Waals surface area contributed by atoms with Gasteiger partial charge in [-0.25, -0.2) is 4.39 Å². The number of benzene rings is 2. The standard InChI is InChI=1S/C26H25FN2O5/c27-20-9-4-3-8-19(20)24(25(30)28-17-6-1-2-7-17)29(26(31)22-10-5-13-32-22)18-11-12-21-23(16-18)34-15-14-33-21/h3-5,8-13,16-17,24H,1-2,6-7,14-15H2,(H,28,30)/t24-/m1/s1. The second kappa shape index (κ2) is 9.59. The Hall–Kier alpha value is -3.81. The molecule has 1 saturated carbocycles. The molecule has 176 valence electrons. The van der Waals surface area contributed by atoms with Crippen LogP contribution in [0.15, 0.2) is 65.3 Å². The van der Waals surface area contributed by atoms with Crippen LogP contribution < -0.4 is 19.7 Å². The summed E-state index contributed by atoms with van der Waals surface area (Å²) in [5.41, 5.74) is 0.452. The molecule has 0 spiro atoms. The van der Waals surface area contributed by atoms with Crippen molar-refractivity contribution in [1.82, 2.24) is 5.32 Å². The van der Waals surface area contributed by atoms with E-state index in [4.69, 9.17) is 13.9 Å². The third-order valence-electron chi connectivity index (χ3n) is 6.16. The van der Waals surface area contributed by atoms with Gasteiger partial charge in [-0.2, -0.15) is 0 Å². The SMILES string of the molecule is O=C(NC1CCCC1)[C@@H](c1ccccc1F)N(C(=O)c1ccco1)c1ccc2c(c1)OCCO2. The number of halogens is 1. The average molecular weight is 464 g/mol. The van der Waals surface area contributed by atoms with Crippen molar-refractivity contribution in [1.29, 1.82) is 0 Å². The number of hydrogen-bond acceptors (Lipinski definition) is 5. The molecule has 0 unspecified atom stereocenters. The summed E-state index contributed by atoms with van der Waals surface area (Å²) in [5, 5.41) is 3.03.